The minimum atomic E-state index is -0.944. The second-order valence-electron chi connectivity index (χ2n) is 6.65. The molecule has 1 aliphatic rings. The number of amides is 1. The number of carbonyl (C=O) groups is 2. The van der Waals surface area contributed by atoms with Crippen molar-refractivity contribution in [2.75, 3.05) is 18.5 Å². The Labute approximate surface area is 174 Å². The molecule has 0 unspecified atom stereocenters. The second kappa shape index (κ2) is 9.47. The molecule has 0 aliphatic carbocycles. The number of fused-ring (bicyclic) bond motifs is 1. The minimum absolute atomic E-state index is 0.406. The molecule has 29 heavy (non-hydrogen) atoms. The summed E-state index contributed by atoms with van der Waals surface area (Å²) in [6.45, 7) is 4.51. The molecule has 0 radical (unpaired) electrons. The monoisotopic (exact) mass is 415 g/mol. The molecule has 1 heterocycles. The molecule has 6 nitrogen and oxygen atoms in total. The molecule has 2 aromatic rings. The van der Waals surface area contributed by atoms with Gasteiger partial charge < -0.3 is 19.5 Å². The normalized spacial score (nSPS) is 14.2. The van der Waals surface area contributed by atoms with Crippen LogP contribution < -0.4 is 14.8 Å². The van der Waals surface area contributed by atoms with Gasteiger partial charge in [-0.05, 0) is 55.3 Å². The second-order valence-corrected chi connectivity index (χ2v) is 7.06. The van der Waals surface area contributed by atoms with E-state index in [0.29, 0.717) is 41.0 Å². The summed E-state index contributed by atoms with van der Waals surface area (Å²) in [5.41, 5.74) is 2.33. The first-order valence-electron chi connectivity index (χ1n) is 9.28. The molecule has 152 valence electrons. The van der Waals surface area contributed by atoms with Crippen LogP contribution in [-0.4, -0.2) is 31.2 Å². The fraction of sp³-hybridized carbons (Fsp3) is 0.273. The van der Waals surface area contributed by atoms with Crippen molar-refractivity contribution in [2.24, 2.45) is 0 Å². The zero-order chi connectivity index (χ0) is 20.8. The number of carbonyl (C=O) groups excluding carboxylic acids is 2. The first kappa shape index (κ1) is 20.7. The topological polar surface area (TPSA) is 73.9 Å². The van der Waals surface area contributed by atoms with Crippen molar-refractivity contribution in [3.8, 4) is 11.5 Å². The number of aryl methyl sites for hydroxylation is 1. The summed E-state index contributed by atoms with van der Waals surface area (Å²) < 4.78 is 16.4. The van der Waals surface area contributed by atoms with Gasteiger partial charge in [0.2, 0.25) is 0 Å². The number of esters is 1. The van der Waals surface area contributed by atoms with Crippen LogP contribution in [0, 0.1) is 6.92 Å². The molecule has 0 fully saturated rings. The standard InChI is InChI=1S/C22H22ClNO5/c1-14-5-3-6-17(11-14)24-22(26)15(2)29-20(25)8-7-16-12-18(23)21-19(13-16)27-9-4-10-28-21/h3,5-8,11-13,15H,4,9-10H2,1-2H3,(H,24,26)/b8-7+/t15-/m0/s1. The first-order valence-corrected chi connectivity index (χ1v) is 9.65. The average molecular weight is 416 g/mol. The molecule has 0 bridgehead atoms. The van der Waals surface area contributed by atoms with Gasteiger partial charge in [0, 0.05) is 18.2 Å². The Morgan fingerprint density at radius 2 is 2.00 bits per heavy atom. The minimum Gasteiger partial charge on any atom is -0.489 e. The molecule has 1 amide bonds. The van der Waals surface area contributed by atoms with E-state index in [0.717, 1.165) is 12.0 Å². The largest absolute Gasteiger partial charge is 0.489 e. The van der Waals surface area contributed by atoms with Crippen molar-refractivity contribution in [3.05, 3.63) is 58.6 Å². The summed E-state index contributed by atoms with van der Waals surface area (Å²) >= 11 is 6.24. The Morgan fingerprint density at radius 3 is 2.79 bits per heavy atom. The van der Waals surface area contributed by atoms with E-state index in [2.05, 4.69) is 5.32 Å². The van der Waals surface area contributed by atoms with E-state index >= 15 is 0 Å². The SMILES string of the molecule is Cc1cccc(NC(=O)[C@H](C)OC(=O)/C=C/c2cc(Cl)c3c(c2)OCCCO3)c1. The quantitative estimate of drug-likeness (QED) is 0.579. The van der Waals surface area contributed by atoms with Crippen LogP contribution in [0.4, 0.5) is 5.69 Å². The first-order chi connectivity index (χ1) is 13.9. The zero-order valence-corrected chi connectivity index (χ0v) is 17.0. The van der Waals surface area contributed by atoms with E-state index in [4.69, 9.17) is 25.8 Å². The lowest BCUT2D eigenvalue weighted by Crippen LogP contribution is -2.29. The van der Waals surface area contributed by atoms with Gasteiger partial charge in [-0.15, -0.1) is 0 Å². The summed E-state index contributed by atoms with van der Waals surface area (Å²) in [7, 11) is 0. The predicted molar refractivity (Wildman–Crippen MR) is 111 cm³/mol. The van der Waals surface area contributed by atoms with Gasteiger partial charge in [0.1, 0.15) is 0 Å². The lowest BCUT2D eigenvalue weighted by molar-refractivity contribution is -0.148. The van der Waals surface area contributed by atoms with Crippen molar-refractivity contribution in [1.82, 2.24) is 0 Å². The van der Waals surface area contributed by atoms with Crippen molar-refractivity contribution in [2.45, 2.75) is 26.4 Å². The van der Waals surface area contributed by atoms with Gasteiger partial charge in [0.25, 0.3) is 5.91 Å². The van der Waals surface area contributed by atoms with E-state index in [1.165, 1.54) is 13.0 Å². The van der Waals surface area contributed by atoms with Crippen LogP contribution in [0.15, 0.2) is 42.5 Å². The van der Waals surface area contributed by atoms with Gasteiger partial charge in [0.15, 0.2) is 17.6 Å². The number of benzene rings is 2. The predicted octanol–water partition coefficient (Wildman–Crippen LogP) is 4.39. The summed E-state index contributed by atoms with van der Waals surface area (Å²) in [5.74, 6) is -0.00430. The Morgan fingerprint density at radius 1 is 1.21 bits per heavy atom. The fourth-order valence-electron chi connectivity index (χ4n) is 2.74. The number of ether oxygens (including phenoxy) is 3. The summed E-state index contributed by atoms with van der Waals surface area (Å²) in [4.78, 5) is 24.3. The summed E-state index contributed by atoms with van der Waals surface area (Å²) in [6.07, 6.45) is 2.62. The number of rotatable bonds is 5. The highest BCUT2D eigenvalue weighted by atomic mass is 35.5. The number of hydrogen-bond acceptors (Lipinski definition) is 5. The number of halogens is 1. The van der Waals surface area contributed by atoms with Gasteiger partial charge in [-0.25, -0.2) is 4.79 Å². The van der Waals surface area contributed by atoms with Crippen LogP contribution in [0.5, 0.6) is 11.5 Å². The molecule has 7 heteroatoms. The van der Waals surface area contributed by atoms with Crippen LogP contribution in [0.25, 0.3) is 6.08 Å². The Balaban J connectivity index is 1.59. The summed E-state index contributed by atoms with van der Waals surface area (Å²) in [6, 6.07) is 10.8. The maximum absolute atomic E-state index is 12.2. The van der Waals surface area contributed by atoms with Gasteiger partial charge in [-0.2, -0.15) is 0 Å². The number of nitrogens with one attached hydrogen (secondary N) is 1. The molecule has 0 saturated carbocycles. The molecule has 2 aromatic carbocycles. The van der Waals surface area contributed by atoms with Crippen LogP contribution in [-0.2, 0) is 14.3 Å². The molecule has 3 rings (SSSR count). The van der Waals surface area contributed by atoms with Gasteiger partial charge in [0.05, 0.1) is 18.2 Å². The third kappa shape index (κ3) is 5.74. The van der Waals surface area contributed by atoms with E-state index in [1.54, 1.807) is 24.3 Å². The average Bonchev–Trinajstić information content (AvgIpc) is 2.92. The van der Waals surface area contributed by atoms with Gasteiger partial charge in [-0.3, -0.25) is 4.79 Å². The smallest absolute Gasteiger partial charge is 0.331 e. The van der Waals surface area contributed by atoms with E-state index < -0.39 is 18.0 Å². The molecule has 0 aromatic heterocycles. The van der Waals surface area contributed by atoms with Gasteiger partial charge >= 0.3 is 5.97 Å². The molecular weight excluding hydrogens is 394 g/mol. The summed E-state index contributed by atoms with van der Waals surface area (Å²) in [5, 5.41) is 3.13. The fourth-order valence-corrected chi connectivity index (χ4v) is 3.02. The highest BCUT2D eigenvalue weighted by Gasteiger charge is 2.17. The maximum Gasteiger partial charge on any atom is 0.331 e. The Kier molecular flexibility index (Phi) is 6.77. The van der Waals surface area contributed by atoms with Crippen molar-refractivity contribution in [1.29, 1.82) is 0 Å². The van der Waals surface area contributed by atoms with Crippen LogP contribution in [0.2, 0.25) is 5.02 Å². The van der Waals surface area contributed by atoms with E-state index in [-0.39, 0.29) is 0 Å². The molecule has 1 N–H and O–H groups in total. The lowest BCUT2D eigenvalue weighted by atomic mass is 10.2. The highest BCUT2D eigenvalue weighted by Crippen LogP contribution is 2.38. The Bertz CT molecular complexity index is 941. The van der Waals surface area contributed by atoms with Crippen LogP contribution in [0.3, 0.4) is 0 Å². The number of hydrogen-bond donors (Lipinski definition) is 1. The molecule has 1 atom stereocenters. The Hall–Kier alpha value is -2.99. The third-order valence-corrected chi connectivity index (χ3v) is 4.46. The molecule has 0 saturated heterocycles. The van der Waals surface area contributed by atoms with Crippen molar-refractivity contribution in [3.63, 3.8) is 0 Å². The highest BCUT2D eigenvalue weighted by molar-refractivity contribution is 6.32. The zero-order valence-electron chi connectivity index (χ0n) is 16.2. The van der Waals surface area contributed by atoms with Crippen LogP contribution >= 0.6 is 11.6 Å². The van der Waals surface area contributed by atoms with Crippen molar-refractivity contribution < 1.29 is 23.8 Å². The molecule has 0 spiro atoms. The molecule has 1 aliphatic heterocycles. The van der Waals surface area contributed by atoms with E-state index in [1.807, 2.05) is 25.1 Å². The van der Waals surface area contributed by atoms with Crippen molar-refractivity contribution >= 4 is 35.2 Å². The number of anilines is 1. The maximum atomic E-state index is 12.2. The van der Waals surface area contributed by atoms with Gasteiger partial charge in [-0.1, -0.05) is 23.7 Å². The third-order valence-electron chi connectivity index (χ3n) is 4.18. The van der Waals surface area contributed by atoms with Crippen LogP contribution in [0.1, 0.15) is 24.5 Å². The van der Waals surface area contributed by atoms with E-state index in [9.17, 15) is 9.59 Å². The lowest BCUT2D eigenvalue weighted by Gasteiger charge is -2.13. The molecular formula is C22H22ClNO5.